The monoisotopic (exact) mass is 422 g/mol. The fourth-order valence-corrected chi connectivity index (χ4v) is 3.17. The Morgan fingerprint density at radius 3 is 2.71 bits per heavy atom. The van der Waals surface area contributed by atoms with Gasteiger partial charge in [0.25, 0.3) is 5.91 Å². The van der Waals surface area contributed by atoms with E-state index >= 15 is 0 Å². The maximum Gasteiger partial charge on any atom is 0.272 e. The third kappa shape index (κ3) is 4.76. The fourth-order valence-electron chi connectivity index (χ4n) is 2.99. The van der Waals surface area contributed by atoms with Crippen molar-refractivity contribution >= 4 is 52.3 Å². The number of anilines is 2. The van der Waals surface area contributed by atoms with Crippen LogP contribution >= 0.6 is 24.0 Å². The van der Waals surface area contributed by atoms with Crippen LogP contribution in [0.25, 0.3) is 10.9 Å². The van der Waals surface area contributed by atoms with Gasteiger partial charge in [-0.1, -0.05) is 11.6 Å². The number of rotatable bonds is 7. The minimum atomic E-state index is -0.175. The van der Waals surface area contributed by atoms with Crippen LogP contribution in [0.3, 0.4) is 0 Å². The number of fused-ring (bicyclic) bond motifs is 1. The largest absolute Gasteiger partial charge is 0.383 e. The molecule has 6 nitrogen and oxygen atoms in total. The summed E-state index contributed by atoms with van der Waals surface area (Å²) in [6.07, 6.45) is 1.66. The van der Waals surface area contributed by atoms with Crippen LogP contribution in [0.4, 0.5) is 11.5 Å². The Morgan fingerprint density at radius 2 is 2.07 bits per heavy atom. The Morgan fingerprint density at radius 1 is 1.29 bits per heavy atom. The van der Waals surface area contributed by atoms with Crippen molar-refractivity contribution in [3.63, 3.8) is 0 Å². The number of hydrogen-bond acceptors (Lipinski definition) is 4. The minimum Gasteiger partial charge on any atom is -0.383 e. The van der Waals surface area contributed by atoms with Gasteiger partial charge in [-0.2, -0.15) is 0 Å². The van der Waals surface area contributed by atoms with E-state index in [1.165, 1.54) is 0 Å². The number of carbonyl (C=O) groups excluding carboxylic acids is 1. The number of amides is 1. The normalized spacial score (nSPS) is 10.6. The van der Waals surface area contributed by atoms with Crippen LogP contribution in [0.2, 0.25) is 5.02 Å². The summed E-state index contributed by atoms with van der Waals surface area (Å²) in [5.41, 5.74) is 2.23. The van der Waals surface area contributed by atoms with Gasteiger partial charge in [0.1, 0.15) is 11.5 Å². The van der Waals surface area contributed by atoms with E-state index in [0.29, 0.717) is 29.6 Å². The maximum atomic E-state index is 12.8. The first-order valence-corrected chi connectivity index (χ1v) is 9.17. The van der Waals surface area contributed by atoms with E-state index in [2.05, 4.69) is 10.3 Å². The molecule has 8 heteroatoms. The van der Waals surface area contributed by atoms with Crippen molar-refractivity contribution in [3.8, 4) is 0 Å². The second-order valence-corrected chi connectivity index (χ2v) is 6.69. The van der Waals surface area contributed by atoms with Crippen molar-refractivity contribution in [2.75, 3.05) is 37.5 Å². The van der Waals surface area contributed by atoms with Gasteiger partial charge in [0.05, 0.1) is 18.5 Å². The summed E-state index contributed by atoms with van der Waals surface area (Å²) in [5, 5.41) is 4.52. The van der Waals surface area contributed by atoms with Crippen LogP contribution in [-0.4, -0.2) is 42.8 Å². The molecule has 2 heterocycles. The zero-order valence-corrected chi connectivity index (χ0v) is 17.7. The molecule has 3 aromatic rings. The average Bonchev–Trinajstić information content (AvgIpc) is 3.04. The number of hydrogen-bond donors (Lipinski definition) is 1. The second-order valence-electron chi connectivity index (χ2n) is 6.25. The fraction of sp³-hybridized carbons (Fsp3) is 0.300. The van der Waals surface area contributed by atoms with E-state index in [1.807, 2.05) is 59.8 Å². The molecule has 0 spiro atoms. The molecule has 0 fully saturated rings. The molecule has 2 aromatic heterocycles. The summed E-state index contributed by atoms with van der Waals surface area (Å²) in [7, 11) is 3.62. The molecular weight excluding hydrogens is 399 g/mol. The van der Waals surface area contributed by atoms with E-state index < -0.39 is 0 Å². The van der Waals surface area contributed by atoms with Crippen LogP contribution in [0, 0.1) is 0 Å². The van der Waals surface area contributed by atoms with Gasteiger partial charge >= 0.3 is 0 Å². The molecule has 0 saturated carbocycles. The molecule has 1 aromatic carbocycles. The summed E-state index contributed by atoms with van der Waals surface area (Å²) in [5.74, 6) is 0.647. The molecule has 0 bridgehead atoms. The van der Waals surface area contributed by atoms with E-state index in [-0.39, 0.29) is 18.3 Å². The molecule has 0 radical (unpaired) electrons. The van der Waals surface area contributed by atoms with Gasteiger partial charge in [-0.25, -0.2) is 4.98 Å². The number of nitrogens with zero attached hydrogens (tertiary/aromatic N) is 3. The van der Waals surface area contributed by atoms with Crippen molar-refractivity contribution in [1.82, 2.24) is 9.55 Å². The topological polar surface area (TPSA) is 59.4 Å². The van der Waals surface area contributed by atoms with Gasteiger partial charge < -0.3 is 19.5 Å². The second kappa shape index (κ2) is 9.78. The Labute approximate surface area is 175 Å². The number of carbonyl (C=O) groups is 1. The molecule has 3 rings (SSSR count). The number of likely N-dealkylation sites (N-methyl/N-ethyl adjacent to an activating group) is 1. The highest BCUT2D eigenvalue weighted by Gasteiger charge is 2.15. The molecule has 0 unspecified atom stereocenters. The van der Waals surface area contributed by atoms with Crippen LogP contribution < -0.4 is 10.2 Å². The zero-order chi connectivity index (χ0) is 19.4. The van der Waals surface area contributed by atoms with E-state index in [4.69, 9.17) is 16.3 Å². The standard InChI is InChI=1S/C20H23ClN4O2.ClH/c1-4-25-17-7-5-15(21)11-14(17)12-18(25)20(26)23-16-6-8-19(22-13-16)24(2)9-10-27-3;/h5-8,11-13H,4,9-10H2,1-3H3,(H,23,26);1H. The van der Waals surface area contributed by atoms with Crippen molar-refractivity contribution in [3.05, 3.63) is 53.3 Å². The predicted molar refractivity (Wildman–Crippen MR) is 117 cm³/mol. The Hall–Kier alpha value is -2.28. The van der Waals surface area contributed by atoms with Crippen molar-refractivity contribution < 1.29 is 9.53 Å². The minimum absolute atomic E-state index is 0. The zero-order valence-electron chi connectivity index (χ0n) is 16.1. The highest BCUT2D eigenvalue weighted by Crippen LogP contribution is 2.24. The smallest absolute Gasteiger partial charge is 0.272 e. The van der Waals surface area contributed by atoms with Gasteiger partial charge in [-0.15, -0.1) is 12.4 Å². The lowest BCUT2D eigenvalue weighted by atomic mass is 10.2. The molecule has 0 aliphatic carbocycles. The SMILES string of the molecule is CCn1c(C(=O)Nc2ccc(N(C)CCOC)nc2)cc2cc(Cl)ccc21.Cl. The van der Waals surface area contributed by atoms with Gasteiger partial charge in [0.2, 0.25) is 0 Å². The van der Waals surface area contributed by atoms with Gasteiger partial charge in [0, 0.05) is 43.2 Å². The summed E-state index contributed by atoms with van der Waals surface area (Å²) in [4.78, 5) is 19.2. The number of aryl methyl sites for hydroxylation is 1. The quantitative estimate of drug-likeness (QED) is 0.610. The Kier molecular flexibility index (Phi) is 7.69. The summed E-state index contributed by atoms with van der Waals surface area (Å²) in [6.45, 7) is 4.07. The third-order valence-electron chi connectivity index (χ3n) is 4.44. The summed E-state index contributed by atoms with van der Waals surface area (Å²) in [6, 6.07) is 11.2. The number of nitrogens with one attached hydrogen (secondary N) is 1. The molecule has 1 N–H and O–H groups in total. The number of ether oxygens (including phenoxy) is 1. The highest BCUT2D eigenvalue weighted by molar-refractivity contribution is 6.31. The molecular formula is C20H24Cl2N4O2. The molecule has 28 heavy (non-hydrogen) atoms. The van der Waals surface area contributed by atoms with Crippen LogP contribution in [-0.2, 0) is 11.3 Å². The number of aromatic nitrogens is 2. The third-order valence-corrected chi connectivity index (χ3v) is 4.68. The first-order valence-electron chi connectivity index (χ1n) is 8.79. The van der Waals surface area contributed by atoms with Crippen molar-refractivity contribution in [2.45, 2.75) is 13.5 Å². The van der Waals surface area contributed by atoms with Gasteiger partial charge in [-0.3, -0.25) is 4.79 Å². The van der Waals surface area contributed by atoms with Crippen LogP contribution in [0.15, 0.2) is 42.6 Å². The van der Waals surface area contributed by atoms with Crippen molar-refractivity contribution in [1.29, 1.82) is 0 Å². The number of methoxy groups -OCH3 is 1. The average molecular weight is 423 g/mol. The van der Waals surface area contributed by atoms with Crippen LogP contribution in [0.5, 0.6) is 0 Å². The van der Waals surface area contributed by atoms with Gasteiger partial charge in [-0.05, 0) is 43.3 Å². The Bertz CT molecular complexity index is 941. The lowest BCUT2D eigenvalue weighted by Gasteiger charge is -2.17. The summed E-state index contributed by atoms with van der Waals surface area (Å²) >= 11 is 6.07. The molecule has 0 aliphatic heterocycles. The predicted octanol–water partition coefficient (Wildman–Crippen LogP) is 4.47. The lowest BCUT2D eigenvalue weighted by molar-refractivity contribution is 0.101. The lowest BCUT2D eigenvalue weighted by Crippen LogP contribution is -2.23. The number of halogens is 2. The number of benzene rings is 1. The molecule has 150 valence electrons. The molecule has 1 amide bonds. The Balaban J connectivity index is 0.00000280. The maximum absolute atomic E-state index is 12.8. The molecule has 0 aliphatic rings. The van der Waals surface area contributed by atoms with Crippen LogP contribution in [0.1, 0.15) is 17.4 Å². The number of pyridine rings is 1. The van der Waals surface area contributed by atoms with E-state index in [9.17, 15) is 4.79 Å². The van der Waals surface area contributed by atoms with Gasteiger partial charge in [0.15, 0.2) is 0 Å². The summed E-state index contributed by atoms with van der Waals surface area (Å²) < 4.78 is 7.05. The first kappa shape index (κ1) is 22.0. The first-order chi connectivity index (χ1) is 13.0. The highest BCUT2D eigenvalue weighted by atomic mass is 35.5. The molecule has 0 atom stereocenters. The van der Waals surface area contributed by atoms with Crippen molar-refractivity contribution in [2.24, 2.45) is 0 Å². The van der Waals surface area contributed by atoms with E-state index in [1.54, 1.807) is 13.3 Å². The van der Waals surface area contributed by atoms with E-state index in [0.717, 1.165) is 23.3 Å². The molecule has 0 saturated heterocycles.